The van der Waals surface area contributed by atoms with Crippen molar-refractivity contribution in [3.63, 3.8) is 0 Å². The van der Waals surface area contributed by atoms with Gasteiger partial charge in [-0.25, -0.2) is 0 Å². The van der Waals surface area contributed by atoms with E-state index in [1.54, 1.807) is 6.07 Å². The molecule has 1 aliphatic heterocycles. The van der Waals surface area contributed by atoms with Crippen LogP contribution in [0.1, 0.15) is 30.4 Å². The van der Waals surface area contributed by atoms with E-state index in [2.05, 4.69) is 5.32 Å². The van der Waals surface area contributed by atoms with E-state index in [0.29, 0.717) is 24.5 Å². The summed E-state index contributed by atoms with van der Waals surface area (Å²) in [5.41, 5.74) is 1.77. The van der Waals surface area contributed by atoms with E-state index < -0.39 is 5.97 Å². The van der Waals surface area contributed by atoms with Crippen LogP contribution < -0.4 is 14.8 Å². The molecule has 0 aromatic heterocycles. The Morgan fingerprint density at radius 3 is 2.65 bits per heavy atom. The van der Waals surface area contributed by atoms with E-state index >= 15 is 0 Å². The molecule has 0 saturated carbocycles. The van der Waals surface area contributed by atoms with Crippen LogP contribution in [0.3, 0.4) is 0 Å². The second kappa shape index (κ2) is 8.38. The van der Waals surface area contributed by atoms with Gasteiger partial charge < -0.3 is 19.5 Å². The Bertz CT molecular complexity index is 775. The van der Waals surface area contributed by atoms with Crippen LogP contribution in [0.15, 0.2) is 48.5 Å². The number of esters is 1. The zero-order valence-electron chi connectivity index (χ0n) is 14.6. The molecule has 6 nitrogen and oxygen atoms in total. The number of carbonyl (C=O) groups is 2. The maximum absolute atomic E-state index is 12.2. The van der Waals surface area contributed by atoms with Crippen molar-refractivity contribution in [2.75, 3.05) is 13.4 Å². The molecule has 6 heteroatoms. The third-order valence-electron chi connectivity index (χ3n) is 4.17. The molecular formula is C20H21NO5. The van der Waals surface area contributed by atoms with Crippen LogP contribution in [0, 0.1) is 0 Å². The third-order valence-corrected chi connectivity index (χ3v) is 4.17. The lowest BCUT2D eigenvalue weighted by molar-refractivity contribution is -0.150. The van der Waals surface area contributed by atoms with Gasteiger partial charge >= 0.3 is 5.97 Å². The fraction of sp³-hybridized carbons (Fsp3) is 0.300. The first-order valence-corrected chi connectivity index (χ1v) is 8.54. The Morgan fingerprint density at radius 2 is 1.88 bits per heavy atom. The van der Waals surface area contributed by atoms with Crippen molar-refractivity contribution in [2.24, 2.45) is 0 Å². The van der Waals surface area contributed by atoms with E-state index in [9.17, 15) is 9.59 Å². The molecule has 0 saturated heterocycles. The number of fused-ring (bicyclic) bond motifs is 1. The first kappa shape index (κ1) is 17.8. The molecule has 0 bridgehead atoms. The quantitative estimate of drug-likeness (QED) is 0.773. The summed E-state index contributed by atoms with van der Waals surface area (Å²) in [6.45, 7) is 2.15. The molecule has 0 fully saturated rings. The number of hydrogen-bond donors (Lipinski definition) is 1. The molecule has 1 amide bonds. The van der Waals surface area contributed by atoms with Gasteiger partial charge in [-0.05, 0) is 29.7 Å². The van der Waals surface area contributed by atoms with E-state index in [1.807, 2.05) is 49.4 Å². The van der Waals surface area contributed by atoms with Gasteiger partial charge in [-0.2, -0.15) is 0 Å². The van der Waals surface area contributed by atoms with Gasteiger partial charge in [0.15, 0.2) is 18.1 Å². The van der Waals surface area contributed by atoms with Gasteiger partial charge in [0.05, 0.1) is 5.92 Å². The lowest BCUT2D eigenvalue weighted by atomic mass is 9.97. The average molecular weight is 355 g/mol. The first-order chi connectivity index (χ1) is 12.7. The van der Waals surface area contributed by atoms with E-state index in [4.69, 9.17) is 14.2 Å². The van der Waals surface area contributed by atoms with Gasteiger partial charge in [-0.15, -0.1) is 0 Å². The maximum Gasteiger partial charge on any atom is 0.313 e. The summed E-state index contributed by atoms with van der Waals surface area (Å²) in [6.07, 6.45) is 0.613. The molecule has 0 spiro atoms. The summed E-state index contributed by atoms with van der Waals surface area (Å²) >= 11 is 0. The van der Waals surface area contributed by atoms with E-state index in [0.717, 1.165) is 11.1 Å². The first-order valence-electron chi connectivity index (χ1n) is 8.54. The highest BCUT2D eigenvalue weighted by molar-refractivity contribution is 5.83. The zero-order chi connectivity index (χ0) is 18.4. The lowest BCUT2D eigenvalue weighted by Gasteiger charge is -2.14. The highest BCUT2D eigenvalue weighted by atomic mass is 16.7. The minimum absolute atomic E-state index is 0.209. The van der Waals surface area contributed by atoms with Gasteiger partial charge in [0.1, 0.15) is 0 Å². The van der Waals surface area contributed by atoms with E-state index in [1.165, 1.54) is 0 Å². The SMILES string of the molecule is CC[C@H](C(=O)OCC(=O)NCc1ccc2c(c1)OCO2)c1ccccc1. The molecule has 0 aliphatic carbocycles. The summed E-state index contributed by atoms with van der Waals surface area (Å²) in [6, 6.07) is 14.9. The highest BCUT2D eigenvalue weighted by Crippen LogP contribution is 2.32. The molecule has 1 heterocycles. The van der Waals surface area contributed by atoms with Crippen LogP contribution in [0.4, 0.5) is 0 Å². The minimum atomic E-state index is -0.392. The van der Waals surface area contributed by atoms with Crippen LogP contribution in [0.5, 0.6) is 11.5 Å². The number of ether oxygens (including phenoxy) is 3. The summed E-state index contributed by atoms with van der Waals surface area (Å²) in [7, 11) is 0. The molecule has 1 N–H and O–H groups in total. The molecule has 1 aliphatic rings. The molecule has 2 aromatic rings. The van der Waals surface area contributed by atoms with Crippen molar-refractivity contribution in [1.29, 1.82) is 0 Å². The summed E-state index contributed by atoms with van der Waals surface area (Å²) in [5, 5.41) is 2.73. The molecule has 1 atom stereocenters. The van der Waals surface area contributed by atoms with Crippen LogP contribution >= 0.6 is 0 Å². The number of amides is 1. The number of carbonyl (C=O) groups excluding carboxylic acids is 2. The largest absolute Gasteiger partial charge is 0.455 e. The molecule has 0 radical (unpaired) electrons. The van der Waals surface area contributed by atoms with Gasteiger partial charge in [0, 0.05) is 6.54 Å². The van der Waals surface area contributed by atoms with Crippen LogP contribution in [0.2, 0.25) is 0 Å². The van der Waals surface area contributed by atoms with Crippen molar-refractivity contribution in [2.45, 2.75) is 25.8 Å². The minimum Gasteiger partial charge on any atom is -0.455 e. The molecule has 0 unspecified atom stereocenters. The Kier molecular flexibility index (Phi) is 5.73. The number of rotatable bonds is 7. The second-order valence-electron chi connectivity index (χ2n) is 5.94. The Balaban J connectivity index is 1.47. The molecule has 3 rings (SSSR count). The van der Waals surface area contributed by atoms with Crippen molar-refractivity contribution in [3.05, 3.63) is 59.7 Å². The summed E-state index contributed by atoms with van der Waals surface area (Å²) in [5.74, 6) is 0.256. The van der Waals surface area contributed by atoms with Crippen molar-refractivity contribution >= 4 is 11.9 Å². The second-order valence-corrected chi connectivity index (χ2v) is 5.94. The predicted octanol–water partition coefficient (Wildman–Crippen LogP) is 2.77. The molecule has 26 heavy (non-hydrogen) atoms. The summed E-state index contributed by atoms with van der Waals surface area (Å²) < 4.78 is 15.7. The third kappa shape index (κ3) is 4.33. The number of benzene rings is 2. The Morgan fingerprint density at radius 1 is 1.12 bits per heavy atom. The van der Waals surface area contributed by atoms with Gasteiger partial charge in [0.2, 0.25) is 6.79 Å². The zero-order valence-corrected chi connectivity index (χ0v) is 14.6. The fourth-order valence-electron chi connectivity index (χ4n) is 2.76. The van der Waals surface area contributed by atoms with Crippen molar-refractivity contribution in [1.82, 2.24) is 5.32 Å². The summed E-state index contributed by atoms with van der Waals surface area (Å²) in [4.78, 5) is 24.2. The average Bonchev–Trinajstić information content (AvgIpc) is 3.14. The van der Waals surface area contributed by atoms with Crippen LogP contribution in [-0.2, 0) is 20.9 Å². The fourth-order valence-corrected chi connectivity index (χ4v) is 2.76. The monoisotopic (exact) mass is 355 g/mol. The highest BCUT2D eigenvalue weighted by Gasteiger charge is 2.21. The standard InChI is InChI=1S/C20H21NO5/c1-2-16(15-6-4-3-5-7-15)20(23)24-12-19(22)21-11-14-8-9-17-18(10-14)26-13-25-17/h3-10,16H,2,11-13H2,1H3,(H,21,22)/t16-/m0/s1. The van der Waals surface area contributed by atoms with Crippen LogP contribution in [-0.4, -0.2) is 25.3 Å². The lowest BCUT2D eigenvalue weighted by Crippen LogP contribution is -2.29. The molecule has 2 aromatic carbocycles. The molecular weight excluding hydrogens is 334 g/mol. The smallest absolute Gasteiger partial charge is 0.313 e. The topological polar surface area (TPSA) is 73.9 Å². The van der Waals surface area contributed by atoms with Gasteiger partial charge in [0.25, 0.3) is 5.91 Å². The number of nitrogens with one attached hydrogen (secondary N) is 1. The predicted molar refractivity (Wildman–Crippen MR) is 94.8 cm³/mol. The molecule has 136 valence electrons. The normalized spacial score (nSPS) is 13.1. The Labute approximate surface area is 152 Å². The van der Waals surface area contributed by atoms with Gasteiger partial charge in [-0.1, -0.05) is 43.3 Å². The Hall–Kier alpha value is -3.02. The van der Waals surface area contributed by atoms with Crippen molar-refractivity contribution in [3.8, 4) is 11.5 Å². The maximum atomic E-state index is 12.2. The number of hydrogen-bond acceptors (Lipinski definition) is 5. The van der Waals surface area contributed by atoms with Gasteiger partial charge in [-0.3, -0.25) is 9.59 Å². The van der Waals surface area contributed by atoms with Crippen molar-refractivity contribution < 1.29 is 23.8 Å². The van der Waals surface area contributed by atoms with E-state index in [-0.39, 0.29) is 25.2 Å². The van der Waals surface area contributed by atoms with Crippen LogP contribution in [0.25, 0.3) is 0 Å².